The average Bonchev–Trinajstić information content (AvgIpc) is 3.28. The molecule has 0 spiro atoms. The van der Waals surface area contributed by atoms with Crippen molar-refractivity contribution in [2.75, 3.05) is 59.0 Å². The van der Waals surface area contributed by atoms with E-state index in [0.717, 1.165) is 71.3 Å². The van der Waals surface area contributed by atoms with Crippen molar-refractivity contribution in [3.8, 4) is 0 Å². The number of nitrogens with zero attached hydrogens (tertiary/aromatic N) is 3. The summed E-state index contributed by atoms with van der Waals surface area (Å²) in [6.07, 6.45) is 9.21. The largest absolute Gasteiger partial charge is 0.379 e. The van der Waals surface area contributed by atoms with Crippen LogP contribution in [0.4, 0.5) is 0 Å². The first-order valence-corrected chi connectivity index (χ1v) is 11.4. The van der Waals surface area contributed by atoms with Crippen molar-refractivity contribution in [2.24, 2.45) is 4.99 Å². The van der Waals surface area contributed by atoms with Gasteiger partial charge in [0.2, 0.25) is 5.91 Å². The predicted octanol–water partition coefficient (Wildman–Crippen LogP) is 2.21. The molecule has 29 heavy (non-hydrogen) atoms. The number of morpholine rings is 1. The Morgan fingerprint density at radius 2 is 1.69 bits per heavy atom. The van der Waals surface area contributed by atoms with E-state index in [4.69, 9.17) is 9.73 Å². The number of nitrogens with one attached hydrogen (secondary N) is 2. The normalized spacial score (nSPS) is 22.8. The number of aliphatic imine (C=N–C) groups is 1. The molecule has 0 unspecified atom stereocenters. The van der Waals surface area contributed by atoms with E-state index >= 15 is 0 Å². The Balaban J connectivity index is 0.00000300. The van der Waals surface area contributed by atoms with Crippen LogP contribution in [0.3, 0.4) is 0 Å². The minimum atomic E-state index is 0. The average molecular weight is 521 g/mol. The van der Waals surface area contributed by atoms with Gasteiger partial charge < -0.3 is 20.3 Å². The van der Waals surface area contributed by atoms with Crippen LogP contribution in [0.5, 0.6) is 0 Å². The van der Waals surface area contributed by atoms with E-state index < -0.39 is 0 Å². The molecular weight excluding hydrogens is 481 g/mol. The van der Waals surface area contributed by atoms with Crippen molar-refractivity contribution < 1.29 is 9.53 Å². The lowest BCUT2D eigenvalue weighted by molar-refractivity contribution is -0.129. The first-order valence-electron chi connectivity index (χ1n) is 11.4. The highest BCUT2D eigenvalue weighted by Gasteiger charge is 2.38. The lowest BCUT2D eigenvalue weighted by Crippen LogP contribution is -2.56. The van der Waals surface area contributed by atoms with Gasteiger partial charge in [0.25, 0.3) is 0 Å². The van der Waals surface area contributed by atoms with Crippen molar-refractivity contribution in [3.63, 3.8) is 0 Å². The number of halogens is 1. The van der Waals surface area contributed by atoms with Crippen LogP contribution in [0.25, 0.3) is 0 Å². The van der Waals surface area contributed by atoms with Gasteiger partial charge in [-0.3, -0.25) is 14.7 Å². The minimum absolute atomic E-state index is 0. The van der Waals surface area contributed by atoms with Crippen molar-refractivity contribution >= 4 is 35.8 Å². The zero-order valence-corrected chi connectivity index (χ0v) is 20.4. The Hall–Kier alpha value is -0.610. The summed E-state index contributed by atoms with van der Waals surface area (Å²) in [6.45, 7) is 9.94. The summed E-state index contributed by atoms with van der Waals surface area (Å²) in [5.41, 5.74) is 0.176. The quantitative estimate of drug-likeness (QED) is 0.306. The molecule has 1 aliphatic carbocycles. The van der Waals surface area contributed by atoms with E-state index in [1.165, 1.54) is 32.1 Å². The molecule has 0 atom stereocenters. The van der Waals surface area contributed by atoms with E-state index in [1.807, 2.05) is 4.90 Å². The van der Waals surface area contributed by atoms with Crippen molar-refractivity contribution in [1.82, 2.24) is 20.4 Å². The maximum absolute atomic E-state index is 12.3. The fourth-order valence-electron chi connectivity index (χ4n) is 4.80. The highest BCUT2D eigenvalue weighted by atomic mass is 127. The second kappa shape index (κ2) is 12.9. The van der Waals surface area contributed by atoms with Crippen molar-refractivity contribution in [2.45, 2.75) is 63.8 Å². The molecular formula is C21H40IN5O2. The molecule has 2 saturated heterocycles. The molecule has 0 bridgehead atoms. The summed E-state index contributed by atoms with van der Waals surface area (Å²) < 4.78 is 5.58. The molecule has 2 heterocycles. The van der Waals surface area contributed by atoms with Crippen LogP contribution in [-0.4, -0.2) is 86.2 Å². The van der Waals surface area contributed by atoms with E-state index in [9.17, 15) is 4.79 Å². The third-order valence-electron chi connectivity index (χ3n) is 6.43. The van der Waals surface area contributed by atoms with Crippen LogP contribution in [0.1, 0.15) is 58.3 Å². The van der Waals surface area contributed by atoms with Crippen molar-refractivity contribution in [3.05, 3.63) is 0 Å². The van der Waals surface area contributed by atoms with Gasteiger partial charge in [-0.05, 0) is 32.6 Å². The molecule has 3 rings (SSSR count). The first-order chi connectivity index (χ1) is 13.7. The molecule has 7 nitrogen and oxygen atoms in total. The van der Waals surface area contributed by atoms with Gasteiger partial charge in [-0.2, -0.15) is 0 Å². The lowest BCUT2D eigenvalue weighted by atomic mass is 9.80. The second-order valence-corrected chi connectivity index (χ2v) is 8.34. The van der Waals surface area contributed by atoms with Crippen LogP contribution in [0.2, 0.25) is 0 Å². The maximum atomic E-state index is 12.3. The number of carbonyl (C=O) groups excluding carboxylic acids is 1. The molecule has 3 aliphatic rings. The molecule has 1 amide bonds. The number of hydrogen-bond donors (Lipinski definition) is 2. The predicted molar refractivity (Wildman–Crippen MR) is 128 cm³/mol. The van der Waals surface area contributed by atoms with E-state index in [2.05, 4.69) is 22.5 Å². The van der Waals surface area contributed by atoms with Crippen LogP contribution >= 0.6 is 24.0 Å². The molecule has 0 aromatic carbocycles. The molecule has 0 aromatic heterocycles. The Kier molecular flexibility index (Phi) is 11.0. The molecule has 2 aliphatic heterocycles. The molecule has 8 heteroatoms. The molecule has 0 radical (unpaired) electrons. The topological polar surface area (TPSA) is 69.2 Å². The fourth-order valence-corrected chi connectivity index (χ4v) is 4.80. The Morgan fingerprint density at radius 3 is 2.34 bits per heavy atom. The monoisotopic (exact) mass is 521 g/mol. The SMILES string of the molecule is CCNC(=NCC1(N2CCOCC2)CCCCC1)NCCC(=O)N1CCCC1.I. The van der Waals surface area contributed by atoms with Crippen LogP contribution < -0.4 is 10.6 Å². The van der Waals surface area contributed by atoms with Gasteiger partial charge in [0.1, 0.15) is 0 Å². The summed E-state index contributed by atoms with van der Waals surface area (Å²) >= 11 is 0. The van der Waals surface area contributed by atoms with Gasteiger partial charge in [0.15, 0.2) is 5.96 Å². The lowest BCUT2D eigenvalue weighted by Gasteiger charge is -2.47. The van der Waals surface area contributed by atoms with Crippen LogP contribution in [-0.2, 0) is 9.53 Å². The van der Waals surface area contributed by atoms with Crippen LogP contribution in [0, 0.1) is 0 Å². The number of likely N-dealkylation sites (tertiary alicyclic amines) is 1. The summed E-state index contributed by atoms with van der Waals surface area (Å²) in [6, 6.07) is 0. The first kappa shape index (κ1) is 24.7. The Morgan fingerprint density at radius 1 is 1.00 bits per heavy atom. The molecule has 2 N–H and O–H groups in total. The fraction of sp³-hybridized carbons (Fsp3) is 0.905. The summed E-state index contributed by atoms with van der Waals surface area (Å²) in [7, 11) is 0. The third-order valence-corrected chi connectivity index (χ3v) is 6.43. The molecule has 168 valence electrons. The molecule has 3 fully saturated rings. The summed E-state index contributed by atoms with van der Waals surface area (Å²) in [5, 5.41) is 6.74. The van der Waals surface area contributed by atoms with E-state index in [0.29, 0.717) is 13.0 Å². The Labute approximate surface area is 193 Å². The molecule has 0 aromatic rings. The van der Waals surface area contributed by atoms with Gasteiger partial charge in [-0.25, -0.2) is 0 Å². The van der Waals surface area contributed by atoms with Crippen LogP contribution in [0.15, 0.2) is 4.99 Å². The number of amides is 1. The second-order valence-electron chi connectivity index (χ2n) is 8.34. The summed E-state index contributed by atoms with van der Waals surface area (Å²) in [4.78, 5) is 21.8. The van der Waals surface area contributed by atoms with Gasteiger partial charge in [0, 0.05) is 51.2 Å². The maximum Gasteiger partial charge on any atom is 0.224 e. The zero-order valence-electron chi connectivity index (χ0n) is 18.1. The minimum Gasteiger partial charge on any atom is -0.379 e. The summed E-state index contributed by atoms with van der Waals surface area (Å²) in [5.74, 6) is 1.10. The third kappa shape index (κ3) is 7.24. The smallest absolute Gasteiger partial charge is 0.224 e. The van der Waals surface area contributed by atoms with Gasteiger partial charge in [-0.15, -0.1) is 24.0 Å². The number of hydrogen-bond acceptors (Lipinski definition) is 4. The van der Waals surface area contributed by atoms with Gasteiger partial charge >= 0.3 is 0 Å². The van der Waals surface area contributed by atoms with Crippen molar-refractivity contribution in [1.29, 1.82) is 0 Å². The highest BCUT2D eigenvalue weighted by Crippen LogP contribution is 2.34. The standard InChI is InChI=1S/C21H39N5O2.HI/c1-2-22-20(23-11-8-19(27)25-12-6-7-13-25)24-18-21(9-4-3-5-10-21)26-14-16-28-17-15-26;/h2-18H2,1H3,(H2,22,23,24);1H. The van der Waals surface area contributed by atoms with E-state index in [-0.39, 0.29) is 35.4 Å². The van der Waals surface area contributed by atoms with Gasteiger partial charge in [0.05, 0.1) is 19.8 Å². The zero-order chi connectivity index (χ0) is 19.7. The number of guanidine groups is 1. The number of ether oxygens (including phenoxy) is 1. The Bertz CT molecular complexity index is 513. The molecule has 1 saturated carbocycles. The number of carbonyl (C=O) groups is 1. The van der Waals surface area contributed by atoms with E-state index in [1.54, 1.807) is 0 Å². The van der Waals surface area contributed by atoms with Gasteiger partial charge in [-0.1, -0.05) is 19.3 Å². The highest BCUT2D eigenvalue weighted by molar-refractivity contribution is 14.0. The number of rotatable bonds is 7.